The van der Waals surface area contributed by atoms with Crippen molar-refractivity contribution in [3.63, 3.8) is 0 Å². The molecule has 0 bridgehead atoms. The van der Waals surface area contributed by atoms with Crippen LogP contribution in [0.2, 0.25) is 0 Å². The molecule has 0 aliphatic heterocycles. The minimum atomic E-state index is -1.35. The van der Waals surface area contributed by atoms with E-state index in [-0.39, 0.29) is 43.3 Å². The molecule has 0 aromatic rings. The summed E-state index contributed by atoms with van der Waals surface area (Å²) in [6.07, 6.45) is 9.02. The van der Waals surface area contributed by atoms with Crippen LogP contribution in [0, 0.1) is 61.1 Å². The van der Waals surface area contributed by atoms with Crippen LogP contribution in [0.15, 0.2) is 34.9 Å². The van der Waals surface area contributed by atoms with Crippen molar-refractivity contribution in [2.75, 3.05) is 0 Å². The summed E-state index contributed by atoms with van der Waals surface area (Å²) < 4.78 is 25.7. The molecule has 0 N–H and O–H groups in total. The van der Waals surface area contributed by atoms with Gasteiger partial charge in [-0.05, 0) is 121 Å². The number of rotatable bonds is 11. The van der Waals surface area contributed by atoms with Crippen LogP contribution in [-0.2, 0) is 38.1 Å². The van der Waals surface area contributed by atoms with Crippen LogP contribution in [0.25, 0.3) is 0 Å². The quantitative estimate of drug-likeness (QED) is 0.115. The third kappa shape index (κ3) is 13.8. The Balaban J connectivity index is 1.76. The smallest absolute Gasteiger partial charge is 0.310 e. The van der Waals surface area contributed by atoms with Crippen molar-refractivity contribution >= 4 is 23.9 Å². The summed E-state index contributed by atoms with van der Waals surface area (Å²) in [4.78, 5) is 58.9. The highest BCUT2D eigenvalue weighted by molar-refractivity contribution is 5.89. The first-order chi connectivity index (χ1) is 28.3. The third-order valence-corrected chi connectivity index (χ3v) is 16.4. The van der Waals surface area contributed by atoms with Gasteiger partial charge >= 0.3 is 23.9 Å². The molecule has 1 fully saturated rings. The Kier molecular flexibility index (Phi) is 15.4. The molecule has 8 heteroatoms. The summed E-state index contributed by atoms with van der Waals surface area (Å²) in [5.41, 5.74) is 2.03. The van der Waals surface area contributed by atoms with E-state index in [2.05, 4.69) is 157 Å². The molecule has 4 aliphatic carbocycles. The van der Waals surface area contributed by atoms with E-state index in [4.69, 9.17) is 18.9 Å². The molecule has 0 amide bonds. The number of esters is 4. The number of carbonyl (C=O) groups excluding carboxylic acids is 4. The van der Waals surface area contributed by atoms with Crippen LogP contribution in [0.3, 0.4) is 0 Å². The van der Waals surface area contributed by atoms with Gasteiger partial charge in [0.25, 0.3) is 0 Å². The van der Waals surface area contributed by atoms with Crippen molar-refractivity contribution < 1.29 is 38.1 Å². The molecule has 4 aliphatic rings. The molecule has 5 atom stereocenters. The lowest BCUT2D eigenvalue weighted by molar-refractivity contribution is -0.179. The lowest BCUT2D eigenvalue weighted by atomic mass is 9.57. The van der Waals surface area contributed by atoms with E-state index in [1.165, 1.54) is 16.7 Å². The molecule has 1 saturated carbocycles. The highest BCUT2D eigenvalue weighted by atomic mass is 16.6. The largest absolute Gasteiger partial charge is 0.462 e. The summed E-state index contributed by atoms with van der Waals surface area (Å²) >= 11 is 0. The van der Waals surface area contributed by atoms with Crippen molar-refractivity contribution in [2.24, 2.45) is 61.1 Å². The summed E-state index contributed by atoms with van der Waals surface area (Å²) in [5.74, 6) is -4.88. The molecular formula is C55H90O8. The number of ether oxygens (including phenoxy) is 4. The highest BCUT2D eigenvalue weighted by Crippen LogP contribution is 2.52. The van der Waals surface area contributed by atoms with E-state index < -0.39 is 73.0 Å². The molecule has 0 spiro atoms. The molecule has 0 radical (unpaired) electrons. The lowest BCUT2D eigenvalue weighted by Crippen LogP contribution is -2.47. The standard InChI is InChI=1S/C55H90O8/c1-34-23-48(5,6)26-38(29-51(34,11)12)60-44(56)21-42(46(58)62-40-28-50(9,10)25-36(3)53(15,16)31-40)43(47(59)63-41-32-54(17,18)37(4)55(19,20)33-41)22-45(57)61-39-27-49(7,8)24-35(2)52(13,14)30-39/h23-25,37-43H,21-22,26-33H2,1-20H3. The van der Waals surface area contributed by atoms with Crippen molar-refractivity contribution in [3.05, 3.63) is 34.9 Å². The molecule has 5 unspecified atom stereocenters. The first-order valence-corrected chi connectivity index (χ1v) is 24.2. The second-order valence-corrected chi connectivity index (χ2v) is 26.4. The highest BCUT2D eigenvalue weighted by Gasteiger charge is 2.49. The zero-order chi connectivity index (χ0) is 48.1. The fourth-order valence-electron chi connectivity index (χ4n) is 11.8. The molecule has 0 heterocycles. The van der Waals surface area contributed by atoms with Gasteiger partial charge in [-0.2, -0.15) is 0 Å². The van der Waals surface area contributed by atoms with Crippen LogP contribution >= 0.6 is 0 Å². The summed E-state index contributed by atoms with van der Waals surface area (Å²) in [5, 5.41) is 0. The van der Waals surface area contributed by atoms with Crippen LogP contribution in [0.5, 0.6) is 0 Å². The average Bonchev–Trinajstić information content (AvgIpc) is 3.23. The van der Waals surface area contributed by atoms with E-state index in [1.54, 1.807) is 0 Å². The Morgan fingerprint density at radius 3 is 0.984 bits per heavy atom. The molecule has 0 aromatic carbocycles. The van der Waals surface area contributed by atoms with Gasteiger partial charge < -0.3 is 18.9 Å². The number of carbonyl (C=O) groups is 4. The number of hydrogen-bond acceptors (Lipinski definition) is 8. The van der Waals surface area contributed by atoms with E-state index in [0.717, 1.165) is 0 Å². The Morgan fingerprint density at radius 2 is 0.698 bits per heavy atom. The Morgan fingerprint density at radius 1 is 0.444 bits per heavy atom. The molecule has 358 valence electrons. The van der Waals surface area contributed by atoms with Gasteiger partial charge in [-0.3, -0.25) is 19.2 Å². The average molecular weight is 879 g/mol. The van der Waals surface area contributed by atoms with E-state index in [1.807, 2.05) is 0 Å². The first-order valence-electron chi connectivity index (χ1n) is 24.2. The molecule has 8 nitrogen and oxygen atoms in total. The molecule has 4 rings (SSSR count). The molecule has 0 saturated heterocycles. The van der Waals surface area contributed by atoms with Crippen LogP contribution in [0.4, 0.5) is 0 Å². The maximum Gasteiger partial charge on any atom is 0.310 e. The number of hydrogen-bond donors (Lipinski definition) is 0. The summed E-state index contributed by atoms with van der Waals surface area (Å²) in [7, 11) is 0. The maximum atomic E-state index is 15.0. The lowest BCUT2D eigenvalue weighted by Gasteiger charge is -2.50. The van der Waals surface area contributed by atoms with Gasteiger partial charge in [0, 0.05) is 0 Å². The van der Waals surface area contributed by atoms with Gasteiger partial charge in [0.1, 0.15) is 24.4 Å². The zero-order valence-electron chi connectivity index (χ0n) is 43.6. The second-order valence-electron chi connectivity index (χ2n) is 26.4. The second kappa shape index (κ2) is 18.4. The molecule has 63 heavy (non-hydrogen) atoms. The predicted molar refractivity (Wildman–Crippen MR) is 253 cm³/mol. The predicted octanol–water partition coefficient (Wildman–Crippen LogP) is 13.5. The normalized spacial score (nSPS) is 31.1. The van der Waals surface area contributed by atoms with Gasteiger partial charge in [-0.1, -0.05) is 153 Å². The van der Waals surface area contributed by atoms with Crippen molar-refractivity contribution in [1.82, 2.24) is 0 Å². The Labute approximate surface area is 383 Å². The molecular weight excluding hydrogens is 789 g/mol. The van der Waals surface area contributed by atoms with Crippen molar-refractivity contribution in [1.29, 1.82) is 0 Å². The van der Waals surface area contributed by atoms with E-state index in [0.29, 0.717) is 57.3 Å². The van der Waals surface area contributed by atoms with Gasteiger partial charge in [0.05, 0.1) is 24.7 Å². The number of allylic oxidation sites excluding steroid dienone is 6. The summed E-state index contributed by atoms with van der Waals surface area (Å²) in [6, 6.07) is 0. The minimum Gasteiger partial charge on any atom is -0.462 e. The molecule has 0 aromatic heterocycles. The Bertz CT molecular complexity index is 1790. The van der Waals surface area contributed by atoms with E-state index in [9.17, 15) is 14.4 Å². The fraction of sp³-hybridized carbons (Fsp3) is 0.818. The van der Waals surface area contributed by atoms with Crippen molar-refractivity contribution in [2.45, 2.75) is 227 Å². The van der Waals surface area contributed by atoms with Crippen molar-refractivity contribution in [3.8, 4) is 0 Å². The van der Waals surface area contributed by atoms with Gasteiger partial charge in [-0.25, -0.2) is 0 Å². The van der Waals surface area contributed by atoms with E-state index >= 15 is 4.79 Å². The SMILES string of the molecule is CC1=CC(C)(C)CC(OC(=O)CC(C(=O)OC2CC(C)(C)C=C(C)C(C)(C)C2)C(CC(=O)OC2CC(C)(C)C=C(C)C(C)(C)C2)C(=O)OC2CC(C)(C)C(C)C(C)(C)C2)CC1(C)C. The first kappa shape index (κ1) is 52.7. The van der Waals surface area contributed by atoms with Gasteiger partial charge in [0.15, 0.2) is 0 Å². The third-order valence-electron chi connectivity index (χ3n) is 16.4. The van der Waals surface area contributed by atoms with Gasteiger partial charge in [0.2, 0.25) is 0 Å². The summed E-state index contributed by atoms with van der Waals surface area (Å²) in [6.45, 7) is 43.2. The fourth-order valence-corrected chi connectivity index (χ4v) is 11.8. The monoisotopic (exact) mass is 879 g/mol. The van der Waals surface area contributed by atoms with Crippen LogP contribution < -0.4 is 0 Å². The minimum absolute atomic E-state index is 0.132. The van der Waals surface area contributed by atoms with Gasteiger partial charge in [-0.15, -0.1) is 0 Å². The maximum absolute atomic E-state index is 15.0. The van der Waals surface area contributed by atoms with Crippen LogP contribution in [0.1, 0.15) is 203 Å². The van der Waals surface area contributed by atoms with Crippen LogP contribution in [-0.4, -0.2) is 48.3 Å². The Hall–Kier alpha value is -2.90. The topological polar surface area (TPSA) is 105 Å². The zero-order valence-corrected chi connectivity index (χ0v) is 43.6.